The number of hydrogen-bond donors (Lipinski definition) is 1. The lowest BCUT2D eigenvalue weighted by atomic mass is 9.88. The number of hydrazone groups is 1. The highest BCUT2D eigenvalue weighted by Crippen LogP contribution is 2.38. The van der Waals surface area contributed by atoms with Crippen molar-refractivity contribution in [2.75, 3.05) is 17.9 Å². The van der Waals surface area contributed by atoms with Gasteiger partial charge < -0.3 is 10.5 Å². The van der Waals surface area contributed by atoms with Crippen LogP contribution in [-0.2, 0) is 11.3 Å². The summed E-state index contributed by atoms with van der Waals surface area (Å²) in [6.07, 6.45) is -0.494. The molecule has 0 saturated heterocycles. The fraction of sp³-hybridized carbons (Fsp3) is 0.389. The quantitative estimate of drug-likeness (QED) is 0.929. The maximum atomic E-state index is 9.53. The van der Waals surface area contributed by atoms with Crippen LogP contribution in [0.4, 0.5) is 11.6 Å². The first-order valence-electron chi connectivity index (χ1n) is 8.08. The summed E-state index contributed by atoms with van der Waals surface area (Å²) in [4.78, 5) is 0. The average Bonchev–Trinajstić information content (AvgIpc) is 2.91. The van der Waals surface area contributed by atoms with E-state index in [2.05, 4.69) is 31.9 Å². The van der Waals surface area contributed by atoms with Gasteiger partial charge in [0.25, 0.3) is 0 Å². The second kappa shape index (κ2) is 6.22. The fourth-order valence-corrected chi connectivity index (χ4v) is 2.90. The molecule has 0 bridgehead atoms. The molecule has 3 rings (SSSR count). The molecule has 0 fully saturated rings. The predicted molar refractivity (Wildman–Crippen MR) is 96.9 cm³/mol. The van der Waals surface area contributed by atoms with Crippen LogP contribution in [0, 0.1) is 16.7 Å². The Morgan fingerprint density at radius 2 is 1.96 bits per heavy atom. The third kappa shape index (κ3) is 2.96. The summed E-state index contributed by atoms with van der Waals surface area (Å²) in [6, 6.07) is 12.1. The Hall–Kier alpha value is -2.85. The molecule has 1 aliphatic rings. The molecular formula is C18H22N6O. The average molecular weight is 338 g/mol. The van der Waals surface area contributed by atoms with Gasteiger partial charge in [-0.05, 0) is 5.56 Å². The summed E-state index contributed by atoms with van der Waals surface area (Å²) in [6.45, 7) is 6.72. The van der Waals surface area contributed by atoms with Crippen molar-refractivity contribution < 1.29 is 4.74 Å². The number of nitrogen functional groups attached to an aromatic ring is 1. The van der Waals surface area contributed by atoms with Crippen molar-refractivity contribution in [1.82, 2.24) is 9.78 Å². The van der Waals surface area contributed by atoms with Gasteiger partial charge in [0, 0.05) is 12.5 Å². The minimum Gasteiger partial charge on any atom is -0.381 e. The number of rotatable bonds is 3. The second-order valence-electron chi connectivity index (χ2n) is 7.01. The van der Waals surface area contributed by atoms with Gasteiger partial charge in [-0.3, -0.25) is 0 Å². The first-order chi connectivity index (χ1) is 11.9. The number of methoxy groups -OCH3 is 1. The molecule has 130 valence electrons. The molecule has 7 nitrogen and oxygen atoms in total. The van der Waals surface area contributed by atoms with Gasteiger partial charge >= 0.3 is 0 Å². The maximum Gasteiger partial charge on any atom is 0.193 e. The third-order valence-corrected chi connectivity index (χ3v) is 4.12. The number of anilines is 2. The van der Waals surface area contributed by atoms with Crippen molar-refractivity contribution in [3.8, 4) is 6.07 Å². The molecule has 0 aliphatic carbocycles. The van der Waals surface area contributed by atoms with E-state index in [1.807, 2.05) is 30.3 Å². The van der Waals surface area contributed by atoms with E-state index in [0.29, 0.717) is 17.9 Å². The molecule has 2 aromatic rings. The van der Waals surface area contributed by atoms with Crippen molar-refractivity contribution in [2.45, 2.75) is 33.5 Å². The summed E-state index contributed by atoms with van der Waals surface area (Å²) in [5, 5.41) is 20.5. The molecule has 2 heterocycles. The lowest BCUT2D eigenvalue weighted by Gasteiger charge is -2.36. The van der Waals surface area contributed by atoms with Gasteiger partial charge in [0.15, 0.2) is 17.9 Å². The van der Waals surface area contributed by atoms with E-state index in [1.54, 1.807) is 16.8 Å². The topological polar surface area (TPSA) is 92.5 Å². The number of fused-ring (bicyclic) bond motifs is 1. The van der Waals surface area contributed by atoms with Crippen molar-refractivity contribution in [1.29, 1.82) is 5.26 Å². The van der Waals surface area contributed by atoms with Crippen LogP contribution in [0.25, 0.3) is 0 Å². The molecular weight excluding hydrogens is 316 g/mol. The molecule has 1 aromatic heterocycles. The van der Waals surface area contributed by atoms with Gasteiger partial charge in [-0.15, -0.1) is 5.10 Å². The predicted octanol–water partition coefficient (Wildman–Crippen LogP) is 2.90. The number of nitrogens with two attached hydrogens (primary N) is 1. The highest BCUT2D eigenvalue weighted by Gasteiger charge is 2.38. The zero-order valence-corrected chi connectivity index (χ0v) is 14.9. The van der Waals surface area contributed by atoms with Crippen LogP contribution in [0.3, 0.4) is 0 Å². The largest absolute Gasteiger partial charge is 0.381 e. The van der Waals surface area contributed by atoms with E-state index in [0.717, 1.165) is 11.3 Å². The Morgan fingerprint density at radius 3 is 2.52 bits per heavy atom. The Balaban J connectivity index is 2.16. The summed E-state index contributed by atoms with van der Waals surface area (Å²) in [5.41, 5.74) is 7.95. The highest BCUT2D eigenvalue weighted by atomic mass is 16.5. The summed E-state index contributed by atoms with van der Waals surface area (Å²) < 4.78 is 7.30. The summed E-state index contributed by atoms with van der Waals surface area (Å²) >= 11 is 0. The third-order valence-electron chi connectivity index (χ3n) is 4.12. The minimum absolute atomic E-state index is 0.183. The first-order valence-corrected chi connectivity index (χ1v) is 8.08. The lowest BCUT2D eigenvalue weighted by molar-refractivity contribution is 0.0816. The van der Waals surface area contributed by atoms with Gasteiger partial charge in [0.1, 0.15) is 11.6 Å². The smallest absolute Gasteiger partial charge is 0.193 e. The van der Waals surface area contributed by atoms with Crippen molar-refractivity contribution >= 4 is 17.3 Å². The number of hydrogen-bond acceptors (Lipinski definition) is 6. The molecule has 1 aromatic carbocycles. The van der Waals surface area contributed by atoms with Crippen LogP contribution < -0.4 is 10.7 Å². The fourth-order valence-electron chi connectivity index (χ4n) is 2.90. The number of benzene rings is 1. The molecule has 1 atom stereocenters. The van der Waals surface area contributed by atoms with Crippen LogP contribution in [-0.4, -0.2) is 22.6 Å². The van der Waals surface area contributed by atoms with E-state index >= 15 is 0 Å². The van der Waals surface area contributed by atoms with E-state index in [9.17, 15) is 5.26 Å². The van der Waals surface area contributed by atoms with Gasteiger partial charge in [-0.25, -0.2) is 9.69 Å². The van der Waals surface area contributed by atoms with Crippen LogP contribution in [0.2, 0.25) is 0 Å². The first kappa shape index (κ1) is 17.0. The van der Waals surface area contributed by atoms with Gasteiger partial charge in [0.05, 0.1) is 12.3 Å². The van der Waals surface area contributed by atoms with Crippen LogP contribution in [0.1, 0.15) is 38.1 Å². The standard InChI is InChI=1S/C18H22N6O/c1-18(2,3)14-17(25-4)24-16(13(10-19)15(20)22-24)23(21-14)11-12-8-6-5-7-9-12/h5-9,17H,11H2,1-4H3,(H2,20,22). The van der Waals surface area contributed by atoms with Gasteiger partial charge in [0.2, 0.25) is 0 Å². The number of ether oxygens (including phenoxy) is 1. The SMILES string of the molecule is COC1C(C(C)(C)C)=NN(Cc2ccccc2)c2c(C#N)c(N)nn21. The zero-order valence-electron chi connectivity index (χ0n) is 14.9. The Morgan fingerprint density at radius 1 is 1.28 bits per heavy atom. The second-order valence-corrected chi connectivity index (χ2v) is 7.01. The van der Waals surface area contributed by atoms with E-state index < -0.39 is 6.23 Å². The Bertz CT molecular complexity index is 841. The molecule has 25 heavy (non-hydrogen) atoms. The zero-order chi connectivity index (χ0) is 18.2. The normalized spacial score (nSPS) is 17.0. The molecule has 1 aliphatic heterocycles. The van der Waals surface area contributed by atoms with Crippen LogP contribution in [0.15, 0.2) is 35.4 Å². The Kier molecular flexibility index (Phi) is 4.23. The van der Waals surface area contributed by atoms with E-state index in [4.69, 9.17) is 15.6 Å². The molecule has 0 saturated carbocycles. The maximum absolute atomic E-state index is 9.53. The molecule has 1 unspecified atom stereocenters. The number of nitrogens with zero attached hydrogens (tertiary/aromatic N) is 5. The lowest BCUT2D eigenvalue weighted by Crippen LogP contribution is -2.40. The van der Waals surface area contributed by atoms with E-state index in [1.165, 1.54) is 0 Å². The molecule has 2 N–H and O–H groups in total. The minimum atomic E-state index is -0.494. The van der Waals surface area contributed by atoms with Crippen molar-refractivity contribution in [3.05, 3.63) is 41.5 Å². The van der Waals surface area contributed by atoms with Crippen molar-refractivity contribution in [2.24, 2.45) is 10.5 Å². The monoisotopic (exact) mass is 338 g/mol. The molecule has 0 spiro atoms. The number of nitriles is 1. The van der Waals surface area contributed by atoms with Gasteiger partial charge in [-0.2, -0.15) is 10.4 Å². The number of aromatic nitrogens is 2. The van der Waals surface area contributed by atoms with Crippen LogP contribution in [0.5, 0.6) is 0 Å². The van der Waals surface area contributed by atoms with Crippen molar-refractivity contribution in [3.63, 3.8) is 0 Å². The molecule has 7 heteroatoms. The summed E-state index contributed by atoms with van der Waals surface area (Å²) in [7, 11) is 1.60. The van der Waals surface area contributed by atoms with E-state index in [-0.39, 0.29) is 11.2 Å². The summed E-state index contributed by atoms with van der Waals surface area (Å²) in [5.74, 6) is 0.742. The van der Waals surface area contributed by atoms with Crippen LogP contribution >= 0.6 is 0 Å². The molecule has 0 amide bonds. The molecule has 0 radical (unpaired) electrons. The Labute approximate surface area is 147 Å². The van der Waals surface area contributed by atoms with Gasteiger partial charge in [-0.1, -0.05) is 51.1 Å². The highest BCUT2D eigenvalue weighted by molar-refractivity contribution is 5.94.